The predicted octanol–water partition coefficient (Wildman–Crippen LogP) is 2.77. The molecule has 0 fully saturated rings. The van der Waals surface area contributed by atoms with Crippen molar-refractivity contribution in [2.75, 3.05) is 7.11 Å². The number of hydrogen-bond donors (Lipinski definition) is 0. The summed E-state index contributed by atoms with van der Waals surface area (Å²) < 4.78 is 5.38. The smallest absolute Gasteiger partial charge is 0.169 e. The first kappa shape index (κ1) is 10.2. The third-order valence-corrected chi connectivity index (χ3v) is 3.14. The van der Waals surface area contributed by atoms with Gasteiger partial charge in [-0.05, 0) is 18.9 Å². The number of methoxy groups -OCH3 is 1. The first-order chi connectivity index (χ1) is 6.97. The number of fused-ring (bicyclic) bond motifs is 1. The Balaban J connectivity index is 2.64. The summed E-state index contributed by atoms with van der Waals surface area (Å²) in [6, 6.07) is 3.88. The van der Waals surface area contributed by atoms with Crippen LogP contribution in [0.25, 0.3) is 0 Å². The highest BCUT2D eigenvalue weighted by molar-refractivity contribution is 6.05. The zero-order valence-electron chi connectivity index (χ0n) is 9.68. The van der Waals surface area contributed by atoms with Crippen LogP contribution in [0.4, 0.5) is 0 Å². The van der Waals surface area contributed by atoms with Gasteiger partial charge in [-0.15, -0.1) is 0 Å². The van der Waals surface area contributed by atoms with Gasteiger partial charge in [0.25, 0.3) is 0 Å². The van der Waals surface area contributed by atoms with E-state index in [1.165, 1.54) is 0 Å². The van der Waals surface area contributed by atoms with Gasteiger partial charge in [0, 0.05) is 16.5 Å². The summed E-state index contributed by atoms with van der Waals surface area (Å²) in [5.74, 6) is 1.11. The van der Waals surface area contributed by atoms with Gasteiger partial charge in [-0.1, -0.05) is 26.0 Å². The molecule has 2 nitrogen and oxygen atoms in total. The molecule has 0 radical (unpaired) electrons. The lowest BCUT2D eigenvalue weighted by Gasteiger charge is -2.13. The molecule has 0 N–H and O–H groups in total. The SMILES string of the molecule is COc1c(C)ccc2c1CC(C)(C)C2=O. The van der Waals surface area contributed by atoms with E-state index in [4.69, 9.17) is 4.74 Å². The number of Topliss-reactive ketones (excluding diaryl/α,β-unsaturated/α-hetero) is 1. The average Bonchev–Trinajstić information content (AvgIpc) is 2.38. The average molecular weight is 204 g/mol. The van der Waals surface area contributed by atoms with Gasteiger partial charge in [0.1, 0.15) is 5.75 Å². The Morgan fingerprint density at radius 2 is 2.00 bits per heavy atom. The first-order valence-corrected chi connectivity index (χ1v) is 5.18. The Morgan fingerprint density at radius 3 is 2.60 bits per heavy atom. The van der Waals surface area contributed by atoms with Crippen LogP contribution < -0.4 is 4.74 Å². The van der Waals surface area contributed by atoms with Crippen LogP contribution in [0.15, 0.2) is 12.1 Å². The summed E-state index contributed by atoms with van der Waals surface area (Å²) in [7, 11) is 1.67. The quantitative estimate of drug-likeness (QED) is 0.703. The molecule has 2 heteroatoms. The van der Waals surface area contributed by atoms with Gasteiger partial charge in [0.05, 0.1) is 7.11 Å². The second-order valence-corrected chi connectivity index (χ2v) is 4.83. The minimum Gasteiger partial charge on any atom is -0.496 e. The Hall–Kier alpha value is -1.31. The van der Waals surface area contributed by atoms with Crippen LogP contribution in [0.5, 0.6) is 5.75 Å². The lowest BCUT2D eigenvalue weighted by Crippen LogP contribution is -2.18. The molecule has 0 bridgehead atoms. The summed E-state index contributed by atoms with van der Waals surface area (Å²) in [6.07, 6.45) is 0.784. The van der Waals surface area contributed by atoms with Crippen LogP contribution in [-0.2, 0) is 6.42 Å². The van der Waals surface area contributed by atoms with Crippen LogP contribution in [-0.4, -0.2) is 12.9 Å². The van der Waals surface area contributed by atoms with Crippen molar-refractivity contribution in [2.45, 2.75) is 27.2 Å². The van der Waals surface area contributed by atoms with Gasteiger partial charge in [-0.3, -0.25) is 4.79 Å². The molecule has 0 saturated carbocycles. The number of hydrogen-bond acceptors (Lipinski definition) is 2. The molecule has 80 valence electrons. The second kappa shape index (κ2) is 3.09. The fourth-order valence-electron chi connectivity index (χ4n) is 2.30. The summed E-state index contributed by atoms with van der Waals surface area (Å²) >= 11 is 0. The van der Waals surface area contributed by atoms with E-state index < -0.39 is 0 Å². The molecule has 0 spiro atoms. The third kappa shape index (κ3) is 1.36. The Kier molecular flexibility index (Phi) is 2.10. The number of aryl methyl sites for hydroxylation is 1. The normalized spacial score (nSPS) is 17.7. The van der Waals surface area contributed by atoms with E-state index in [2.05, 4.69) is 0 Å². The maximum absolute atomic E-state index is 12.0. The van der Waals surface area contributed by atoms with Crippen LogP contribution in [0.1, 0.15) is 35.3 Å². The van der Waals surface area contributed by atoms with Gasteiger partial charge in [0.2, 0.25) is 0 Å². The molecular formula is C13H16O2. The minimum absolute atomic E-state index is 0.232. The summed E-state index contributed by atoms with van der Waals surface area (Å²) in [6.45, 7) is 5.99. The number of rotatable bonds is 1. The van der Waals surface area contributed by atoms with Crippen LogP contribution in [0, 0.1) is 12.3 Å². The lowest BCUT2D eigenvalue weighted by atomic mass is 9.89. The number of carbonyl (C=O) groups is 1. The van der Waals surface area contributed by atoms with Gasteiger partial charge in [-0.25, -0.2) is 0 Å². The molecule has 0 aromatic heterocycles. The monoisotopic (exact) mass is 204 g/mol. The minimum atomic E-state index is -0.274. The van der Waals surface area contributed by atoms with E-state index in [1.807, 2.05) is 32.9 Å². The van der Waals surface area contributed by atoms with E-state index in [0.29, 0.717) is 0 Å². The Labute approximate surface area is 90.3 Å². The van der Waals surface area contributed by atoms with E-state index in [-0.39, 0.29) is 11.2 Å². The van der Waals surface area contributed by atoms with Crippen LogP contribution >= 0.6 is 0 Å². The topological polar surface area (TPSA) is 26.3 Å². The number of ether oxygens (including phenoxy) is 1. The van der Waals surface area contributed by atoms with E-state index in [1.54, 1.807) is 7.11 Å². The molecule has 0 saturated heterocycles. The van der Waals surface area contributed by atoms with E-state index >= 15 is 0 Å². The molecular weight excluding hydrogens is 188 g/mol. The van der Waals surface area contributed by atoms with Crippen molar-refractivity contribution in [3.63, 3.8) is 0 Å². The van der Waals surface area contributed by atoms with Crippen molar-refractivity contribution in [2.24, 2.45) is 5.41 Å². The zero-order valence-corrected chi connectivity index (χ0v) is 9.68. The molecule has 15 heavy (non-hydrogen) atoms. The number of carbonyl (C=O) groups excluding carboxylic acids is 1. The maximum Gasteiger partial charge on any atom is 0.169 e. The van der Waals surface area contributed by atoms with Gasteiger partial charge < -0.3 is 4.74 Å². The van der Waals surface area contributed by atoms with Gasteiger partial charge in [0.15, 0.2) is 5.78 Å². The zero-order chi connectivity index (χ0) is 11.2. The Bertz CT molecular complexity index is 430. The standard InChI is InChI=1S/C13H16O2/c1-8-5-6-9-10(11(8)15-4)7-13(2,3)12(9)14/h5-6H,7H2,1-4H3. The van der Waals surface area contributed by atoms with Crippen molar-refractivity contribution in [1.82, 2.24) is 0 Å². The lowest BCUT2D eigenvalue weighted by molar-refractivity contribution is 0.0863. The van der Waals surface area contributed by atoms with Crippen molar-refractivity contribution >= 4 is 5.78 Å². The molecule has 1 aromatic rings. The highest BCUT2D eigenvalue weighted by atomic mass is 16.5. The molecule has 2 rings (SSSR count). The molecule has 1 aliphatic rings. The highest BCUT2D eigenvalue weighted by Crippen LogP contribution is 2.41. The molecule has 1 aromatic carbocycles. The largest absolute Gasteiger partial charge is 0.496 e. The fraction of sp³-hybridized carbons (Fsp3) is 0.462. The van der Waals surface area contributed by atoms with E-state index in [9.17, 15) is 4.79 Å². The van der Waals surface area contributed by atoms with Crippen molar-refractivity contribution < 1.29 is 9.53 Å². The molecule has 0 atom stereocenters. The summed E-state index contributed by atoms with van der Waals surface area (Å²) in [5.41, 5.74) is 2.74. The van der Waals surface area contributed by atoms with Crippen LogP contribution in [0.2, 0.25) is 0 Å². The second-order valence-electron chi connectivity index (χ2n) is 4.83. The molecule has 1 aliphatic carbocycles. The molecule has 0 aliphatic heterocycles. The first-order valence-electron chi connectivity index (χ1n) is 5.18. The molecule has 0 amide bonds. The van der Waals surface area contributed by atoms with Crippen molar-refractivity contribution in [3.05, 3.63) is 28.8 Å². The number of ketones is 1. The van der Waals surface area contributed by atoms with E-state index in [0.717, 1.165) is 28.9 Å². The summed E-state index contributed by atoms with van der Waals surface area (Å²) in [5, 5.41) is 0. The van der Waals surface area contributed by atoms with Crippen molar-refractivity contribution in [3.8, 4) is 5.75 Å². The molecule has 0 heterocycles. The third-order valence-electron chi connectivity index (χ3n) is 3.14. The Morgan fingerprint density at radius 1 is 1.33 bits per heavy atom. The van der Waals surface area contributed by atoms with Gasteiger partial charge >= 0.3 is 0 Å². The van der Waals surface area contributed by atoms with Crippen LogP contribution in [0.3, 0.4) is 0 Å². The predicted molar refractivity (Wildman–Crippen MR) is 59.5 cm³/mol. The number of benzene rings is 1. The molecule has 0 unspecified atom stereocenters. The highest BCUT2D eigenvalue weighted by Gasteiger charge is 2.39. The fourth-order valence-corrected chi connectivity index (χ4v) is 2.30. The van der Waals surface area contributed by atoms with Gasteiger partial charge in [-0.2, -0.15) is 0 Å². The van der Waals surface area contributed by atoms with Crippen molar-refractivity contribution in [1.29, 1.82) is 0 Å². The summed E-state index contributed by atoms with van der Waals surface area (Å²) in [4.78, 5) is 12.0. The maximum atomic E-state index is 12.0.